The number of thioether (sulfide) groups is 1. The number of H-pyrrole nitrogens is 1. The van der Waals surface area contributed by atoms with Gasteiger partial charge in [0.05, 0.1) is 0 Å². The third-order valence-electron chi connectivity index (χ3n) is 1.30. The van der Waals surface area contributed by atoms with Gasteiger partial charge in [-0.15, -0.1) is 0 Å². The van der Waals surface area contributed by atoms with E-state index in [0.29, 0.717) is 0 Å². The fourth-order valence-electron chi connectivity index (χ4n) is 0.788. The fourth-order valence-corrected chi connectivity index (χ4v) is 1.22. The summed E-state index contributed by atoms with van der Waals surface area (Å²) in [6, 6.07) is 3.92. The second-order valence-electron chi connectivity index (χ2n) is 2.33. The number of nitrogens with one attached hydrogen (secondary N) is 1. The van der Waals surface area contributed by atoms with Crippen LogP contribution in [0.2, 0.25) is 0 Å². The van der Waals surface area contributed by atoms with Crippen molar-refractivity contribution >= 4 is 23.0 Å². The Hall–Kier alpha value is -0.960. The molecule has 1 aromatic rings. The van der Waals surface area contributed by atoms with Crippen LogP contribution in [0.25, 0.3) is 6.08 Å². The van der Waals surface area contributed by atoms with Crippen LogP contribution in [0.4, 0.5) is 0 Å². The van der Waals surface area contributed by atoms with Crippen LogP contribution in [-0.4, -0.2) is 15.9 Å². The van der Waals surface area contributed by atoms with Gasteiger partial charge in [-0.1, -0.05) is 17.8 Å². The Balaban J connectivity index is 2.27. The highest BCUT2D eigenvalue weighted by molar-refractivity contribution is 8.13. The lowest BCUT2D eigenvalue weighted by Gasteiger charge is -1.87. The molecule has 12 heavy (non-hydrogen) atoms. The Morgan fingerprint density at radius 2 is 2.58 bits per heavy atom. The lowest BCUT2D eigenvalue weighted by atomic mass is 10.4. The zero-order valence-corrected chi connectivity index (χ0v) is 7.73. The average molecular weight is 181 g/mol. The van der Waals surface area contributed by atoms with Gasteiger partial charge in [-0.25, -0.2) is 0 Å². The van der Waals surface area contributed by atoms with Crippen molar-refractivity contribution in [1.29, 1.82) is 0 Å². The maximum atomic E-state index is 10.5. The Kier molecular flexibility index (Phi) is 3.67. The highest BCUT2D eigenvalue weighted by Gasteiger charge is 1.89. The van der Waals surface area contributed by atoms with Gasteiger partial charge in [0.15, 0.2) is 5.12 Å². The van der Waals surface area contributed by atoms with Gasteiger partial charge in [0.25, 0.3) is 0 Å². The summed E-state index contributed by atoms with van der Waals surface area (Å²) in [5.74, 6) is 0.744. The molecule has 0 saturated carbocycles. The summed E-state index contributed by atoms with van der Waals surface area (Å²) >= 11 is 1.31. The van der Waals surface area contributed by atoms with Crippen LogP contribution in [-0.2, 0) is 4.79 Å². The number of carbonyl (C=O) groups is 1. The van der Waals surface area contributed by atoms with Crippen molar-refractivity contribution in [2.45, 2.75) is 6.92 Å². The van der Waals surface area contributed by atoms with E-state index in [1.54, 1.807) is 6.92 Å². The quantitative estimate of drug-likeness (QED) is 0.776. The predicted molar refractivity (Wildman–Crippen MR) is 53.0 cm³/mol. The van der Waals surface area contributed by atoms with Gasteiger partial charge < -0.3 is 4.98 Å². The van der Waals surface area contributed by atoms with E-state index in [0.717, 1.165) is 11.4 Å². The standard InChI is InChI=1S/C9H11NOS/c1-8(11)12-7-3-5-9-4-2-6-10-9/h2-6,10H,7H2,1H3. The van der Waals surface area contributed by atoms with E-state index in [4.69, 9.17) is 0 Å². The molecular weight excluding hydrogens is 170 g/mol. The zero-order valence-electron chi connectivity index (χ0n) is 6.91. The molecule has 1 rings (SSSR count). The van der Waals surface area contributed by atoms with Gasteiger partial charge in [-0.05, 0) is 18.2 Å². The molecule has 0 radical (unpaired) electrons. The predicted octanol–water partition coefficient (Wildman–Crippen LogP) is 2.31. The molecule has 0 aromatic carbocycles. The van der Waals surface area contributed by atoms with Crippen molar-refractivity contribution in [2.24, 2.45) is 0 Å². The molecule has 3 heteroatoms. The molecule has 0 fully saturated rings. The number of rotatable bonds is 3. The van der Waals surface area contributed by atoms with Crippen molar-refractivity contribution in [2.75, 3.05) is 5.75 Å². The van der Waals surface area contributed by atoms with Crippen molar-refractivity contribution in [1.82, 2.24) is 4.98 Å². The number of aromatic nitrogens is 1. The van der Waals surface area contributed by atoms with E-state index in [-0.39, 0.29) is 5.12 Å². The molecule has 0 aliphatic rings. The van der Waals surface area contributed by atoms with E-state index < -0.39 is 0 Å². The number of hydrogen-bond acceptors (Lipinski definition) is 2. The second kappa shape index (κ2) is 4.83. The summed E-state index contributed by atoms with van der Waals surface area (Å²) in [7, 11) is 0. The summed E-state index contributed by atoms with van der Waals surface area (Å²) in [6.45, 7) is 1.58. The smallest absolute Gasteiger partial charge is 0.186 e. The minimum Gasteiger partial charge on any atom is -0.362 e. The SMILES string of the molecule is CC(=O)SCC=Cc1ccc[nH]1. The van der Waals surface area contributed by atoms with E-state index in [1.165, 1.54) is 11.8 Å². The normalized spacial score (nSPS) is 10.8. The van der Waals surface area contributed by atoms with Crippen LogP contribution in [0.15, 0.2) is 24.4 Å². The first-order chi connectivity index (χ1) is 5.79. The maximum absolute atomic E-state index is 10.5. The first kappa shape index (κ1) is 9.13. The van der Waals surface area contributed by atoms with Gasteiger partial charge in [0, 0.05) is 24.6 Å². The largest absolute Gasteiger partial charge is 0.362 e. The molecule has 0 aliphatic heterocycles. The van der Waals surface area contributed by atoms with E-state index in [9.17, 15) is 4.79 Å². The second-order valence-corrected chi connectivity index (χ2v) is 3.53. The number of hydrogen-bond donors (Lipinski definition) is 1. The third kappa shape index (κ3) is 3.44. The van der Waals surface area contributed by atoms with Crippen molar-refractivity contribution in [3.8, 4) is 0 Å². The summed E-state index contributed by atoms with van der Waals surface area (Å²) < 4.78 is 0. The van der Waals surface area contributed by atoms with Crippen LogP contribution >= 0.6 is 11.8 Å². The summed E-state index contributed by atoms with van der Waals surface area (Å²) in [4.78, 5) is 13.6. The fraction of sp³-hybridized carbons (Fsp3) is 0.222. The zero-order chi connectivity index (χ0) is 8.81. The lowest BCUT2D eigenvalue weighted by molar-refractivity contribution is -0.109. The van der Waals surface area contributed by atoms with Crippen LogP contribution in [0, 0.1) is 0 Å². The van der Waals surface area contributed by atoms with Crippen LogP contribution < -0.4 is 0 Å². The highest BCUT2D eigenvalue weighted by Crippen LogP contribution is 2.03. The Morgan fingerprint density at radius 1 is 1.75 bits per heavy atom. The Bertz CT molecular complexity index is 264. The molecule has 64 valence electrons. The molecule has 0 atom stereocenters. The monoisotopic (exact) mass is 181 g/mol. The van der Waals surface area contributed by atoms with E-state index in [1.807, 2.05) is 30.5 Å². The minimum atomic E-state index is 0.158. The highest BCUT2D eigenvalue weighted by atomic mass is 32.2. The van der Waals surface area contributed by atoms with Crippen LogP contribution in [0.5, 0.6) is 0 Å². The summed E-state index contributed by atoms with van der Waals surface area (Å²) in [6.07, 6.45) is 5.81. The van der Waals surface area contributed by atoms with E-state index >= 15 is 0 Å². The van der Waals surface area contributed by atoms with Gasteiger partial charge in [-0.2, -0.15) is 0 Å². The maximum Gasteiger partial charge on any atom is 0.186 e. The molecule has 1 aromatic heterocycles. The molecule has 2 nitrogen and oxygen atoms in total. The molecule has 0 bridgehead atoms. The van der Waals surface area contributed by atoms with Crippen LogP contribution in [0.3, 0.4) is 0 Å². The molecular formula is C9H11NOS. The molecule has 0 amide bonds. The van der Waals surface area contributed by atoms with Crippen molar-refractivity contribution < 1.29 is 4.79 Å². The third-order valence-corrected chi connectivity index (χ3v) is 2.07. The number of aromatic amines is 1. The lowest BCUT2D eigenvalue weighted by Crippen LogP contribution is -1.81. The molecule has 1 heterocycles. The number of carbonyl (C=O) groups excluding carboxylic acids is 1. The Morgan fingerprint density at radius 3 is 3.17 bits per heavy atom. The van der Waals surface area contributed by atoms with Crippen molar-refractivity contribution in [3.63, 3.8) is 0 Å². The van der Waals surface area contributed by atoms with Crippen LogP contribution in [0.1, 0.15) is 12.6 Å². The average Bonchev–Trinajstić information content (AvgIpc) is 2.49. The van der Waals surface area contributed by atoms with Gasteiger partial charge >= 0.3 is 0 Å². The molecule has 0 unspecified atom stereocenters. The molecule has 0 spiro atoms. The van der Waals surface area contributed by atoms with E-state index in [2.05, 4.69) is 4.98 Å². The summed E-state index contributed by atoms with van der Waals surface area (Å²) in [5.41, 5.74) is 1.07. The summed E-state index contributed by atoms with van der Waals surface area (Å²) in [5, 5.41) is 0.158. The topological polar surface area (TPSA) is 32.9 Å². The van der Waals surface area contributed by atoms with Gasteiger partial charge in [-0.3, -0.25) is 4.79 Å². The molecule has 0 aliphatic carbocycles. The molecule has 1 N–H and O–H groups in total. The minimum absolute atomic E-state index is 0.158. The van der Waals surface area contributed by atoms with Gasteiger partial charge in [0.2, 0.25) is 0 Å². The Labute approximate surface area is 76.1 Å². The first-order valence-corrected chi connectivity index (χ1v) is 4.71. The van der Waals surface area contributed by atoms with Crippen molar-refractivity contribution in [3.05, 3.63) is 30.1 Å². The molecule has 0 saturated heterocycles. The van der Waals surface area contributed by atoms with Gasteiger partial charge in [0.1, 0.15) is 0 Å². The first-order valence-electron chi connectivity index (χ1n) is 3.72.